The Bertz CT molecular complexity index is 813. The number of nitrogens with zero attached hydrogens (tertiary/aromatic N) is 4. The number of benzene rings is 1. The Balaban J connectivity index is 0.00000300. The number of halogens is 1. The fourth-order valence-electron chi connectivity index (χ4n) is 3.24. The van der Waals surface area contributed by atoms with Gasteiger partial charge in [-0.2, -0.15) is 5.10 Å². The van der Waals surface area contributed by atoms with Crippen LogP contribution < -0.4 is 20.1 Å². The molecule has 1 aliphatic heterocycles. The van der Waals surface area contributed by atoms with Crippen LogP contribution in [0.15, 0.2) is 29.5 Å². The molecule has 0 saturated carbocycles. The maximum Gasteiger partial charge on any atom is 0.191 e. The van der Waals surface area contributed by atoms with Gasteiger partial charge in [-0.3, -0.25) is 4.99 Å². The van der Waals surface area contributed by atoms with Gasteiger partial charge in [0.2, 0.25) is 0 Å². The quantitative estimate of drug-likeness (QED) is 0.291. The van der Waals surface area contributed by atoms with Gasteiger partial charge in [0.25, 0.3) is 0 Å². The number of aliphatic hydroxyl groups excluding tert-OH is 1. The van der Waals surface area contributed by atoms with Gasteiger partial charge in [-0.05, 0) is 31.5 Å². The van der Waals surface area contributed by atoms with Crippen molar-refractivity contribution < 1.29 is 14.6 Å². The fraction of sp³-hybridized carbons (Fsp3) is 0.526. The first kappa shape index (κ1) is 23.2. The normalized spacial score (nSPS) is 17.0. The summed E-state index contributed by atoms with van der Waals surface area (Å²) in [5.74, 6) is 2.94. The molecule has 9 nitrogen and oxygen atoms in total. The van der Waals surface area contributed by atoms with Crippen LogP contribution in [0, 0.1) is 0 Å². The van der Waals surface area contributed by atoms with Gasteiger partial charge in [0.05, 0.1) is 27.3 Å². The van der Waals surface area contributed by atoms with E-state index in [2.05, 4.69) is 25.7 Å². The third-order valence-corrected chi connectivity index (χ3v) is 4.71. The van der Waals surface area contributed by atoms with Crippen LogP contribution in [0.1, 0.15) is 30.8 Å². The summed E-state index contributed by atoms with van der Waals surface area (Å²) in [5.41, 5.74) is 0.645. The van der Waals surface area contributed by atoms with E-state index < -0.39 is 6.10 Å². The highest BCUT2D eigenvalue weighted by Gasteiger charge is 2.21. The summed E-state index contributed by atoms with van der Waals surface area (Å²) in [6.45, 7) is 3.67. The topological polar surface area (TPSA) is 106 Å². The van der Waals surface area contributed by atoms with E-state index in [4.69, 9.17) is 9.47 Å². The molecular formula is C19H29IN6O3. The molecule has 0 saturated heterocycles. The lowest BCUT2D eigenvalue weighted by Gasteiger charge is -2.25. The molecule has 10 heteroatoms. The average molecular weight is 516 g/mol. The van der Waals surface area contributed by atoms with E-state index in [0.29, 0.717) is 23.0 Å². The molecule has 0 bridgehead atoms. The summed E-state index contributed by atoms with van der Waals surface area (Å²) in [5, 5.41) is 21.6. The van der Waals surface area contributed by atoms with Crippen molar-refractivity contribution in [3.63, 3.8) is 0 Å². The zero-order chi connectivity index (χ0) is 19.9. The predicted molar refractivity (Wildman–Crippen MR) is 121 cm³/mol. The number of hydrogen-bond acceptors (Lipinski definition) is 6. The monoisotopic (exact) mass is 516 g/mol. The summed E-state index contributed by atoms with van der Waals surface area (Å²) >= 11 is 0. The number of rotatable bonds is 7. The van der Waals surface area contributed by atoms with E-state index in [-0.39, 0.29) is 36.6 Å². The van der Waals surface area contributed by atoms with Crippen molar-refractivity contribution in [2.24, 2.45) is 4.99 Å². The van der Waals surface area contributed by atoms with Crippen LogP contribution in [0.3, 0.4) is 0 Å². The molecule has 1 aliphatic rings. The zero-order valence-electron chi connectivity index (χ0n) is 17.0. The smallest absolute Gasteiger partial charge is 0.191 e. The zero-order valence-corrected chi connectivity index (χ0v) is 19.3. The highest BCUT2D eigenvalue weighted by molar-refractivity contribution is 14.0. The molecule has 3 rings (SSSR count). The number of guanidine groups is 1. The maximum atomic E-state index is 10.7. The maximum absolute atomic E-state index is 10.7. The highest BCUT2D eigenvalue weighted by atomic mass is 127. The Morgan fingerprint density at radius 2 is 2.21 bits per heavy atom. The standard InChI is InChI=1S/C19H28N6O3.HI/c1-4-20-19(24-13-5-8-18-22-12-23-25(18)11-13)21-10-16(26)15-9-14(27-2)6-7-17(15)28-3;/h6-7,9,12-13,16,26H,4-5,8,10-11H2,1-3H3,(H2,20,21,24);1H. The average Bonchev–Trinajstić information content (AvgIpc) is 3.19. The van der Waals surface area contributed by atoms with Gasteiger partial charge in [0, 0.05) is 24.6 Å². The molecule has 0 fully saturated rings. The molecule has 2 unspecified atom stereocenters. The second kappa shape index (κ2) is 11.2. The van der Waals surface area contributed by atoms with Gasteiger partial charge in [-0.25, -0.2) is 9.67 Å². The van der Waals surface area contributed by atoms with E-state index in [0.717, 1.165) is 31.8 Å². The molecular weight excluding hydrogens is 487 g/mol. The van der Waals surface area contributed by atoms with E-state index in [9.17, 15) is 5.11 Å². The minimum Gasteiger partial charge on any atom is -0.497 e. The third-order valence-electron chi connectivity index (χ3n) is 4.71. The van der Waals surface area contributed by atoms with Crippen LogP contribution in [0.2, 0.25) is 0 Å². The number of ether oxygens (including phenoxy) is 2. The van der Waals surface area contributed by atoms with Gasteiger partial charge in [0.15, 0.2) is 5.96 Å². The summed E-state index contributed by atoms with van der Waals surface area (Å²) < 4.78 is 12.5. The number of aromatic nitrogens is 3. The summed E-state index contributed by atoms with van der Waals surface area (Å²) in [4.78, 5) is 8.81. The Labute approximate surface area is 187 Å². The van der Waals surface area contributed by atoms with Crippen LogP contribution in [0.4, 0.5) is 0 Å². The first-order valence-corrected chi connectivity index (χ1v) is 9.46. The number of aliphatic hydroxyl groups is 1. The number of aliphatic imine (C=N–C) groups is 1. The van der Waals surface area contributed by atoms with Gasteiger partial charge in [-0.15, -0.1) is 24.0 Å². The molecule has 2 aromatic rings. The Hall–Kier alpha value is -2.08. The molecule has 0 radical (unpaired) electrons. The first-order chi connectivity index (χ1) is 13.6. The minimum atomic E-state index is -0.811. The van der Waals surface area contributed by atoms with Gasteiger partial charge >= 0.3 is 0 Å². The summed E-state index contributed by atoms with van der Waals surface area (Å²) in [6.07, 6.45) is 2.61. The number of hydrogen-bond donors (Lipinski definition) is 3. The van der Waals surface area contributed by atoms with Crippen LogP contribution >= 0.6 is 24.0 Å². The molecule has 0 aliphatic carbocycles. The molecule has 1 aromatic heterocycles. The van der Waals surface area contributed by atoms with Crippen molar-refractivity contribution in [2.45, 2.75) is 38.5 Å². The van der Waals surface area contributed by atoms with E-state index in [1.54, 1.807) is 38.7 Å². The second-order valence-electron chi connectivity index (χ2n) is 6.58. The van der Waals surface area contributed by atoms with Crippen LogP contribution in [0.5, 0.6) is 11.5 Å². The van der Waals surface area contributed by atoms with Crippen molar-refractivity contribution in [3.05, 3.63) is 35.9 Å². The van der Waals surface area contributed by atoms with E-state index in [1.165, 1.54) is 0 Å². The van der Waals surface area contributed by atoms with Crippen molar-refractivity contribution in [1.29, 1.82) is 0 Å². The predicted octanol–water partition coefficient (Wildman–Crippen LogP) is 1.52. The molecule has 3 N–H and O–H groups in total. The molecule has 0 spiro atoms. The lowest BCUT2D eigenvalue weighted by atomic mass is 10.1. The van der Waals surface area contributed by atoms with E-state index >= 15 is 0 Å². The molecule has 0 amide bonds. The number of nitrogens with one attached hydrogen (secondary N) is 2. The Kier molecular flexibility index (Phi) is 8.96. The van der Waals surface area contributed by atoms with Crippen molar-refractivity contribution in [1.82, 2.24) is 25.4 Å². The number of fused-ring (bicyclic) bond motifs is 1. The third kappa shape index (κ3) is 5.95. The molecule has 29 heavy (non-hydrogen) atoms. The molecule has 160 valence electrons. The van der Waals surface area contributed by atoms with Crippen molar-refractivity contribution >= 4 is 29.9 Å². The van der Waals surface area contributed by atoms with E-state index in [1.807, 2.05) is 11.6 Å². The minimum absolute atomic E-state index is 0. The first-order valence-electron chi connectivity index (χ1n) is 9.46. The van der Waals surface area contributed by atoms with Gasteiger partial charge in [0.1, 0.15) is 29.8 Å². The number of aryl methyl sites for hydroxylation is 1. The van der Waals surface area contributed by atoms with Crippen LogP contribution in [0.25, 0.3) is 0 Å². The Morgan fingerprint density at radius 3 is 2.93 bits per heavy atom. The summed E-state index contributed by atoms with van der Waals surface area (Å²) in [7, 11) is 3.17. The highest BCUT2D eigenvalue weighted by Crippen LogP contribution is 2.29. The van der Waals surface area contributed by atoms with Gasteiger partial charge in [-0.1, -0.05) is 0 Å². The lowest BCUT2D eigenvalue weighted by molar-refractivity contribution is 0.182. The van der Waals surface area contributed by atoms with Crippen LogP contribution in [-0.2, 0) is 13.0 Å². The fourth-order valence-corrected chi connectivity index (χ4v) is 3.24. The lowest BCUT2D eigenvalue weighted by Crippen LogP contribution is -2.47. The van der Waals surface area contributed by atoms with Crippen molar-refractivity contribution in [2.75, 3.05) is 27.3 Å². The molecule has 2 atom stereocenters. The number of methoxy groups -OCH3 is 2. The molecule has 2 heterocycles. The van der Waals surface area contributed by atoms with Gasteiger partial charge < -0.3 is 25.2 Å². The second-order valence-corrected chi connectivity index (χ2v) is 6.58. The van der Waals surface area contributed by atoms with Crippen LogP contribution in [-0.4, -0.2) is 59.2 Å². The molecule has 1 aromatic carbocycles. The summed E-state index contributed by atoms with van der Waals surface area (Å²) in [6, 6.07) is 5.55. The SMILES string of the molecule is CCNC(=NCC(O)c1cc(OC)ccc1OC)NC1CCc2ncnn2C1.I. The Morgan fingerprint density at radius 1 is 1.38 bits per heavy atom. The van der Waals surface area contributed by atoms with Crippen molar-refractivity contribution in [3.8, 4) is 11.5 Å². The largest absolute Gasteiger partial charge is 0.497 e.